The van der Waals surface area contributed by atoms with Gasteiger partial charge in [0.15, 0.2) is 0 Å². The van der Waals surface area contributed by atoms with Crippen molar-refractivity contribution in [2.75, 3.05) is 29.4 Å². The molecule has 0 saturated heterocycles. The van der Waals surface area contributed by atoms with Gasteiger partial charge < -0.3 is 38.9 Å². The van der Waals surface area contributed by atoms with Gasteiger partial charge in [0.25, 0.3) is 13.4 Å². The Labute approximate surface area is 583 Å². The Kier molecular flexibility index (Phi) is 14.3. The standard InChI is InChI=1S/C90H62B2N6O2/c1-11-31-63(32-12-1)93(64-33-13-2-14-34-64)73-51-53-77-85(57-73)99-87-59-75(95(67-39-19-5-20-40-67)68-41-21-6-22-42-68)55-83-89(87)91(77)79-61-80-82(62-81(79)97(83)71-47-27-9-28-48-71)98(72-49-29-10-30-50-72)84-56-76(96(69-43-23-7-24-44-69)70-45-25-8-26-46-70)60-88-90(84)92(80)78-54-52-74(58-86(78)100-88)94(65-35-15-3-16-36-65)66-37-17-4-18-38-66/h1-62H. The molecule has 0 fully saturated rings. The Morgan fingerprint density at radius 3 is 0.720 bits per heavy atom. The van der Waals surface area contributed by atoms with Gasteiger partial charge >= 0.3 is 0 Å². The molecule has 4 aliphatic rings. The Hall–Kier alpha value is -13.2. The SMILES string of the molecule is c1ccc(N(c2ccccc2)c2ccc3c(c2)Oc2cc(N(c4ccccc4)c4ccccc4)cc4c2B3c2cc3c(cc2N4c2ccccc2)N(c2ccccc2)c2cc(N(c4ccccc4)c4ccccc4)cc4c2B3c2ccc(N(c3ccccc3)c3ccccc3)cc2O4)cc1. The molecule has 0 bridgehead atoms. The third kappa shape index (κ3) is 9.95. The number of hydrogen-bond donors (Lipinski definition) is 0. The molecule has 0 radical (unpaired) electrons. The molecule has 100 heavy (non-hydrogen) atoms. The summed E-state index contributed by atoms with van der Waals surface area (Å²) in [5.41, 5.74) is 25.0. The van der Waals surface area contributed by atoms with E-state index < -0.39 is 0 Å². The molecule has 0 N–H and O–H groups in total. The zero-order chi connectivity index (χ0) is 66.0. The molecule has 8 nitrogen and oxygen atoms in total. The quantitative estimate of drug-likeness (QED) is 0.0998. The minimum atomic E-state index is -0.299. The van der Waals surface area contributed by atoms with Crippen LogP contribution < -0.4 is 71.7 Å². The Bertz CT molecular complexity index is 5020. The van der Waals surface area contributed by atoms with Crippen molar-refractivity contribution in [3.05, 3.63) is 376 Å². The van der Waals surface area contributed by atoms with Crippen LogP contribution >= 0.6 is 0 Å². The predicted molar refractivity (Wildman–Crippen MR) is 417 cm³/mol. The minimum absolute atomic E-state index is 0.299. The van der Waals surface area contributed by atoms with E-state index >= 15 is 0 Å². The summed E-state index contributed by atoms with van der Waals surface area (Å²) >= 11 is 0. The van der Waals surface area contributed by atoms with Gasteiger partial charge in [0.2, 0.25) is 0 Å². The molecule has 4 heterocycles. The van der Waals surface area contributed by atoms with Crippen LogP contribution in [0.5, 0.6) is 23.0 Å². The lowest BCUT2D eigenvalue weighted by molar-refractivity contribution is 0.487. The Balaban J connectivity index is 0.900. The molecule has 4 aliphatic heterocycles. The van der Waals surface area contributed by atoms with Gasteiger partial charge in [0.1, 0.15) is 23.0 Å². The van der Waals surface area contributed by atoms with Crippen molar-refractivity contribution in [3.63, 3.8) is 0 Å². The zero-order valence-electron chi connectivity index (χ0n) is 54.5. The second kappa shape index (κ2) is 24.5. The fraction of sp³-hybridized carbons (Fsp3) is 0. The normalized spacial score (nSPS) is 12.5. The third-order valence-corrected chi connectivity index (χ3v) is 19.8. The molecule has 0 aromatic heterocycles. The van der Waals surface area contributed by atoms with Crippen molar-refractivity contribution in [1.29, 1.82) is 0 Å². The van der Waals surface area contributed by atoms with Crippen molar-refractivity contribution in [1.82, 2.24) is 0 Å². The fourth-order valence-corrected chi connectivity index (χ4v) is 15.6. The molecule has 0 atom stereocenters. The molecule has 15 aromatic rings. The maximum absolute atomic E-state index is 7.67. The van der Waals surface area contributed by atoms with Gasteiger partial charge in [-0.2, -0.15) is 0 Å². The van der Waals surface area contributed by atoms with E-state index in [0.717, 1.165) is 158 Å². The molecule has 0 amide bonds. The summed E-state index contributed by atoms with van der Waals surface area (Å²) in [5.74, 6) is 3.14. The second-order valence-electron chi connectivity index (χ2n) is 25.6. The summed E-state index contributed by atoms with van der Waals surface area (Å²) in [6, 6.07) is 135. The summed E-state index contributed by atoms with van der Waals surface area (Å²) in [4.78, 5) is 14.3. The highest BCUT2D eigenvalue weighted by Gasteiger charge is 2.48. The topological polar surface area (TPSA) is 37.9 Å². The molecule has 0 saturated carbocycles. The molecule has 10 heteroatoms. The molecular formula is C90H62B2N6O2. The Morgan fingerprint density at radius 2 is 0.440 bits per heavy atom. The van der Waals surface area contributed by atoms with Crippen LogP contribution in [0.25, 0.3) is 0 Å². The first kappa shape index (κ1) is 58.2. The lowest BCUT2D eigenvalue weighted by Gasteiger charge is -2.45. The molecule has 470 valence electrons. The van der Waals surface area contributed by atoms with Crippen molar-refractivity contribution in [2.45, 2.75) is 0 Å². The first-order chi connectivity index (χ1) is 49.6. The molecule has 0 unspecified atom stereocenters. The lowest BCUT2D eigenvalue weighted by Crippen LogP contribution is -2.63. The van der Waals surface area contributed by atoms with Crippen LogP contribution in [-0.4, -0.2) is 13.4 Å². The van der Waals surface area contributed by atoms with Crippen LogP contribution in [0.15, 0.2) is 376 Å². The van der Waals surface area contributed by atoms with Gasteiger partial charge in [-0.15, -0.1) is 0 Å². The summed E-state index contributed by atoms with van der Waals surface area (Å²) in [6.45, 7) is -0.599. The molecule has 19 rings (SSSR count). The molecular weight excluding hydrogens is 1220 g/mol. The number of fused-ring (bicyclic) bond motifs is 8. The van der Waals surface area contributed by atoms with E-state index in [2.05, 4.69) is 406 Å². The smallest absolute Gasteiger partial charge is 0.256 e. The van der Waals surface area contributed by atoms with Crippen LogP contribution in [0.4, 0.5) is 102 Å². The summed E-state index contributed by atoms with van der Waals surface area (Å²) in [5, 5.41) is 0. The third-order valence-electron chi connectivity index (χ3n) is 19.8. The first-order valence-electron chi connectivity index (χ1n) is 34.1. The highest BCUT2D eigenvalue weighted by Crippen LogP contribution is 2.51. The van der Waals surface area contributed by atoms with E-state index in [4.69, 9.17) is 9.47 Å². The van der Waals surface area contributed by atoms with Gasteiger partial charge in [0.05, 0.1) is 11.4 Å². The number of anilines is 18. The summed E-state index contributed by atoms with van der Waals surface area (Å²) < 4.78 is 15.3. The number of hydrogen-bond acceptors (Lipinski definition) is 8. The van der Waals surface area contributed by atoms with E-state index in [1.165, 1.54) is 0 Å². The maximum Gasteiger partial charge on any atom is 0.256 e. The second-order valence-corrected chi connectivity index (χ2v) is 25.6. The number of benzene rings is 15. The minimum Gasteiger partial charge on any atom is -0.458 e. The lowest BCUT2D eigenvalue weighted by atomic mass is 9.31. The van der Waals surface area contributed by atoms with Crippen LogP contribution in [0.2, 0.25) is 0 Å². The molecule has 0 aliphatic carbocycles. The summed E-state index contributed by atoms with van der Waals surface area (Å²) in [6.07, 6.45) is 0. The van der Waals surface area contributed by atoms with Gasteiger partial charge in [-0.05, 0) is 184 Å². The number of ether oxygens (including phenoxy) is 2. The average Bonchev–Trinajstić information content (AvgIpc) is 0.690. The van der Waals surface area contributed by atoms with Gasteiger partial charge in [-0.1, -0.05) is 200 Å². The van der Waals surface area contributed by atoms with E-state index in [9.17, 15) is 0 Å². The number of rotatable bonds is 14. The van der Waals surface area contributed by atoms with Crippen molar-refractivity contribution in [2.24, 2.45) is 0 Å². The zero-order valence-corrected chi connectivity index (χ0v) is 54.5. The summed E-state index contributed by atoms with van der Waals surface area (Å²) in [7, 11) is 0. The van der Waals surface area contributed by atoms with E-state index in [-0.39, 0.29) is 13.4 Å². The van der Waals surface area contributed by atoms with Crippen LogP contribution in [0.3, 0.4) is 0 Å². The highest BCUT2D eigenvalue weighted by atomic mass is 16.5. The monoisotopic (exact) mass is 1280 g/mol. The van der Waals surface area contributed by atoms with Gasteiger partial charge in [-0.3, -0.25) is 0 Å². The Morgan fingerprint density at radius 1 is 0.190 bits per heavy atom. The molecule has 0 spiro atoms. The van der Waals surface area contributed by atoms with Gasteiger partial charge in [-0.25, -0.2) is 0 Å². The largest absolute Gasteiger partial charge is 0.458 e. The predicted octanol–water partition coefficient (Wildman–Crippen LogP) is 20.4. The number of para-hydroxylation sites is 10. The van der Waals surface area contributed by atoms with E-state index in [1.54, 1.807) is 0 Å². The maximum atomic E-state index is 7.67. The van der Waals surface area contributed by atoms with Crippen LogP contribution in [0, 0.1) is 0 Å². The van der Waals surface area contributed by atoms with Crippen LogP contribution in [0.1, 0.15) is 0 Å². The number of nitrogens with zero attached hydrogens (tertiary/aromatic N) is 6. The fourth-order valence-electron chi connectivity index (χ4n) is 15.6. The highest BCUT2D eigenvalue weighted by molar-refractivity contribution is 7.02. The average molecular weight is 1280 g/mol. The van der Waals surface area contributed by atoms with Crippen LogP contribution in [-0.2, 0) is 0 Å². The first-order valence-corrected chi connectivity index (χ1v) is 34.1. The van der Waals surface area contributed by atoms with Crippen molar-refractivity contribution >= 4 is 149 Å². The van der Waals surface area contributed by atoms with Gasteiger partial charge in [0, 0.05) is 115 Å². The van der Waals surface area contributed by atoms with E-state index in [0.29, 0.717) is 0 Å². The molecule has 15 aromatic carbocycles. The van der Waals surface area contributed by atoms with E-state index in [1.807, 2.05) is 0 Å². The van der Waals surface area contributed by atoms with Crippen molar-refractivity contribution < 1.29 is 9.47 Å². The van der Waals surface area contributed by atoms with Crippen molar-refractivity contribution in [3.8, 4) is 23.0 Å².